The van der Waals surface area contributed by atoms with Crippen LogP contribution in [0.25, 0.3) is 0 Å². The van der Waals surface area contributed by atoms with Crippen LogP contribution >= 0.6 is 0 Å². The zero-order chi connectivity index (χ0) is 15.4. The molecule has 1 aliphatic heterocycles. The van der Waals surface area contributed by atoms with Gasteiger partial charge in [0.2, 0.25) is 11.8 Å². The molecule has 0 aromatic rings. The average Bonchev–Trinajstić information content (AvgIpc) is 2.94. The Morgan fingerprint density at radius 1 is 1.09 bits per heavy atom. The highest BCUT2D eigenvalue weighted by molar-refractivity contribution is 5.79. The van der Waals surface area contributed by atoms with Crippen molar-refractivity contribution in [2.75, 3.05) is 0 Å². The normalized spacial score (nSPS) is 28.5. The van der Waals surface area contributed by atoms with Crippen LogP contribution in [0.3, 0.4) is 0 Å². The van der Waals surface area contributed by atoms with Crippen LogP contribution in [0.2, 0.25) is 0 Å². The smallest absolute Gasteiger partial charge is 0.220 e. The van der Waals surface area contributed by atoms with E-state index in [1.54, 1.807) is 0 Å². The fourth-order valence-electron chi connectivity index (χ4n) is 4.68. The second-order valence-electron chi connectivity index (χ2n) is 7.74. The van der Waals surface area contributed by atoms with Crippen molar-refractivity contribution in [1.82, 2.24) is 10.6 Å². The molecule has 4 heteroatoms. The molecule has 2 amide bonds. The zero-order valence-corrected chi connectivity index (χ0v) is 13.7. The molecule has 0 aromatic heterocycles. The maximum absolute atomic E-state index is 12.1. The molecular weight excluding hydrogens is 276 g/mol. The number of nitrogens with one attached hydrogen (secondary N) is 2. The predicted molar refractivity (Wildman–Crippen MR) is 86.3 cm³/mol. The summed E-state index contributed by atoms with van der Waals surface area (Å²) in [5.41, 5.74) is 0.619. The lowest BCUT2D eigenvalue weighted by atomic mass is 9.64. The summed E-state index contributed by atoms with van der Waals surface area (Å²) in [7, 11) is 0. The van der Waals surface area contributed by atoms with Gasteiger partial charge in [0, 0.05) is 24.9 Å². The molecule has 2 N–H and O–H groups in total. The first-order valence-electron chi connectivity index (χ1n) is 9.24. The minimum Gasteiger partial charge on any atom is -0.353 e. The van der Waals surface area contributed by atoms with Crippen LogP contribution in [-0.2, 0) is 9.59 Å². The Balaban J connectivity index is 1.35. The predicted octanol–water partition coefficient (Wildman–Crippen LogP) is 3.05. The molecule has 2 saturated carbocycles. The van der Waals surface area contributed by atoms with Gasteiger partial charge < -0.3 is 10.6 Å². The van der Waals surface area contributed by atoms with E-state index in [2.05, 4.69) is 10.6 Å². The molecular formula is C18H30N2O2. The van der Waals surface area contributed by atoms with Gasteiger partial charge in [-0.25, -0.2) is 0 Å². The molecule has 1 heterocycles. The van der Waals surface area contributed by atoms with E-state index >= 15 is 0 Å². The molecule has 22 heavy (non-hydrogen) atoms. The third-order valence-electron chi connectivity index (χ3n) is 6.13. The zero-order valence-electron chi connectivity index (χ0n) is 13.7. The van der Waals surface area contributed by atoms with Crippen molar-refractivity contribution in [2.24, 2.45) is 5.41 Å². The van der Waals surface area contributed by atoms with Gasteiger partial charge >= 0.3 is 0 Å². The third-order valence-corrected chi connectivity index (χ3v) is 6.13. The number of carbonyl (C=O) groups excluding carboxylic acids is 2. The van der Waals surface area contributed by atoms with Gasteiger partial charge in [0.1, 0.15) is 0 Å². The van der Waals surface area contributed by atoms with Crippen LogP contribution in [0.4, 0.5) is 0 Å². The molecule has 0 aromatic carbocycles. The van der Waals surface area contributed by atoms with E-state index in [0.29, 0.717) is 24.3 Å². The highest BCUT2D eigenvalue weighted by atomic mass is 16.2. The summed E-state index contributed by atoms with van der Waals surface area (Å²) in [6.45, 7) is 0. The molecule has 1 spiro atoms. The first-order valence-corrected chi connectivity index (χ1v) is 9.24. The molecule has 1 saturated heterocycles. The van der Waals surface area contributed by atoms with E-state index in [-0.39, 0.29) is 17.9 Å². The van der Waals surface area contributed by atoms with Crippen LogP contribution in [0, 0.1) is 5.41 Å². The maximum atomic E-state index is 12.1. The summed E-state index contributed by atoms with van der Waals surface area (Å²) in [5.74, 6) is 0.307. The molecule has 1 atom stereocenters. The standard InChI is InChI=1S/C18H30N2O2/c21-16-6-4-14(19-16)5-7-17(22)20-15-8-12-18(13-9-15)10-2-1-3-11-18/h14-15H,1-13H2,(H,19,21)(H,20,22)/t14-/m1/s1. The fourth-order valence-corrected chi connectivity index (χ4v) is 4.68. The van der Waals surface area contributed by atoms with Crippen molar-refractivity contribution < 1.29 is 9.59 Å². The Bertz CT molecular complexity index is 405. The SMILES string of the molecule is O=C(CC[C@H]1CCC(=O)N1)NC1CCC2(CCCCC2)CC1. The van der Waals surface area contributed by atoms with E-state index < -0.39 is 0 Å². The number of hydrogen-bond acceptors (Lipinski definition) is 2. The lowest BCUT2D eigenvalue weighted by Gasteiger charge is -2.43. The van der Waals surface area contributed by atoms with Crippen molar-refractivity contribution in [3.63, 3.8) is 0 Å². The van der Waals surface area contributed by atoms with Crippen LogP contribution in [0.15, 0.2) is 0 Å². The average molecular weight is 306 g/mol. The van der Waals surface area contributed by atoms with Crippen molar-refractivity contribution in [3.05, 3.63) is 0 Å². The monoisotopic (exact) mass is 306 g/mol. The van der Waals surface area contributed by atoms with Crippen molar-refractivity contribution in [1.29, 1.82) is 0 Å². The minimum absolute atomic E-state index is 0.135. The summed E-state index contributed by atoms with van der Waals surface area (Å²) in [6.07, 6.45) is 14.8. The second kappa shape index (κ2) is 7.01. The van der Waals surface area contributed by atoms with E-state index in [0.717, 1.165) is 25.7 Å². The maximum Gasteiger partial charge on any atom is 0.220 e. The van der Waals surface area contributed by atoms with Crippen molar-refractivity contribution in [3.8, 4) is 0 Å². The van der Waals surface area contributed by atoms with Gasteiger partial charge in [0.15, 0.2) is 0 Å². The quantitative estimate of drug-likeness (QED) is 0.838. The highest BCUT2D eigenvalue weighted by Crippen LogP contribution is 2.47. The molecule has 0 unspecified atom stereocenters. The Kier molecular flexibility index (Phi) is 5.04. The van der Waals surface area contributed by atoms with Gasteiger partial charge in [0.05, 0.1) is 0 Å². The van der Waals surface area contributed by atoms with E-state index in [1.807, 2.05) is 0 Å². The van der Waals surface area contributed by atoms with E-state index in [9.17, 15) is 9.59 Å². The topological polar surface area (TPSA) is 58.2 Å². The van der Waals surface area contributed by atoms with Crippen LogP contribution in [-0.4, -0.2) is 23.9 Å². The molecule has 3 fully saturated rings. The molecule has 4 nitrogen and oxygen atoms in total. The van der Waals surface area contributed by atoms with Crippen LogP contribution < -0.4 is 10.6 Å². The number of rotatable bonds is 4. The highest BCUT2D eigenvalue weighted by Gasteiger charge is 2.36. The van der Waals surface area contributed by atoms with Crippen LogP contribution in [0.5, 0.6) is 0 Å². The fraction of sp³-hybridized carbons (Fsp3) is 0.889. The summed E-state index contributed by atoms with van der Waals surface area (Å²) >= 11 is 0. The van der Waals surface area contributed by atoms with Gasteiger partial charge in [0.25, 0.3) is 0 Å². The summed E-state index contributed by atoms with van der Waals surface area (Å²) < 4.78 is 0. The van der Waals surface area contributed by atoms with Gasteiger partial charge in [-0.2, -0.15) is 0 Å². The Hall–Kier alpha value is -1.06. The van der Waals surface area contributed by atoms with Gasteiger partial charge in [-0.3, -0.25) is 9.59 Å². The van der Waals surface area contributed by atoms with Crippen LogP contribution in [0.1, 0.15) is 83.5 Å². The largest absolute Gasteiger partial charge is 0.353 e. The molecule has 3 rings (SSSR count). The minimum atomic E-state index is 0.135. The summed E-state index contributed by atoms with van der Waals surface area (Å²) in [5, 5.41) is 6.16. The molecule has 0 radical (unpaired) electrons. The Labute approximate surface area is 133 Å². The Morgan fingerprint density at radius 2 is 1.82 bits per heavy atom. The summed E-state index contributed by atoms with van der Waals surface area (Å²) in [6, 6.07) is 0.605. The van der Waals surface area contributed by atoms with Crippen molar-refractivity contribution >= 4 is 11.8 Å². The molecule has 3 aliphatic rings. The lowest BCUT2D eigenvalue weighted by molar-refractivity contribution is -0.123. The van der Waals surface area contributed by atoms with Crippen molar-refractivity contribution in [2.45, 2.75) is 95.6 Å². The second-order valence-corrected chi connectivity index (χ2v) is 7.74. The van der Waals surface area contributed by atoms with Gasteiger partial charge in [-0.15, -0.1) is 0 Å². The Morgan fingerprint density at radius 3 is 2.45 bits per heavy atom. The van der Waals surface area contributed by atoms with E-state index in [1.165, 1.54) is 44.9 Å². The van der Waals surface area contributed by atoms with Gasteiger partial charge in [-0.1, -0.05) is 19.3 Å². The first-order chi connectivity index (χ1) is 10.7. The molecule has 124 valence electrons. The van der Waals surface area contributed by atoms with Gasteiger partial charge in [-0.05, 0) is 56.8 Å². The third kappa shape index (κ3) is 4.02. The lowest BCUT2D eigenvalue weighted by Crippen LogP contribution is -2.41. The number of hydrogen-bond donors (Lipinski definition) is 2. The number of amides is 2. The first kappa shape index (κ1) is 15.8. The summed E-state index contributed by atoms with van der Waals surface area (Å²) in [4.78, 5) is 23.2. The van der Waals surface area contributed by atoms with E-state index in [4.69, 9.17) is 0 Å². The molecule has 2 aliphatic carbocycles. The number of carbonyl (C=O) groups is 2. The molecule has 0 bridgehead atoms.